The van der Waals surface area contributed by atoms with E-state index in [-0.39, 0.29) is 30.4 Å². The van der Waals surface area contributed by atoms with Crippen LogP contribution in [0.25, 0.3) is 0 Å². The standard InChI is InChI=1S/C23H24N2O5S/c1-23(2)19(22(28)30-13-15-9-5-3-6-10-15)25-20(27)18(21(25)31-23)24-17(26)14-29-16-11-7-4-8-12-16/h3-12,18-19,21H,13-14H2,1-2H3,(H,24,26)/t18?,19?,21-/m1/s1. The zero-order valence-electron chi connectivity index (χ0n) is 17.3. The Morgan fingerprint density at radius 3 is 2.39 bits per heavy atom. The summed E-state index contributed by atoms with van der Waals surface area (Å²) in [5.41, 5.74) is 0.884. The Balaban J connectivity index is 1.34. The lowest BCUT2D eigenvalue weighted by atomic mass is 9.96. The first kappa shape index (κ1) is 21.2. The molecule has 2 aromatic carbocycles. The number of β-lactam (4-membered cyclic amide) rings is 1. The smallest absolute Gasteiger partial charge is 0.330 e. The van der Waals surface area contributed by atoms with E-state index in [1.807, 2.05) is 62.4 Å². The minimum atomic E-state index is -0.701. The van der Waals surface area contributed by atoms with E-state index in [0.29, 0.717) is 5.75 Å². The SMILES string of the molecule is CC1(C)S[C@@H]2C(NC(=O)COc3ccccc3)C(=O)N2C1C(=O)OCc1ccccc1. The van der Waals surface area contributed by atoms with Crippen molar-refractivity contribution in [3.8, 4) is 5.75 Å². The number of hydrogen-bond acceptors (Lipinski definition) is 6. The Labute approximate surface area is 185 Å². The molecule has 2 heterocycles. The van der Waals surface area contributed by atoms with Gasteiger partial charge in [0.1, 0.15) is 29.8 Å². The number of benzene rings is 2. The molecule has 0 spiro atoms. The minimum Gasteiger partial charge on any atom is -0.484 e. The number of hydrogen-bond donors (Lipinski definition) is 1. The fourth-order valence-corrected chi connectivity index (χ4v) is 5.44. The summed E-state index contributed by atoms with van der Waals surface area (Å²) in [4.78, 5) is 39.4. The van der Waals surface area contributed by atoms with Gasteiger partial charge in [0.15, 0.2) is 6.61 Å². The molecule has 2 aliphatic heterocycles. The highest BCUT2D eigenvalue weighted by Gasteiger charge is 2.64. The Hall–Kier alpha value is -3.00. The van der Waals surface area contributed by atoms with Crippen molar-refractivity contribution in [3.05, 3.63) is 66.2 Å². The number of nitrogens with one attached hydrogen (secondary N) is 1. The monoisotopic (exact) mass is 440 g/mol. The molecule has 0 radical (unpaired) electrons. The van der Waals surface area contributed by atoms with E-state index >= 15 is 0 Å². The lowest BCUT2D eigenvalue weighted by Crippen LogP contribution is -2.71. The summed E-state index contributed by atoms with van der Waals surface area (Å²) in [7, 11) is 0. The van der Waals surface area contributed by atoms with Crippen LogP contribution in [0.1, 0.15) is 19.4 Å². The van der Waals surface area contributed by atoms with Gasteiger partial charge in [-0.2, -0.15) is 0 Å². The lowest BCUT2D eigenvalue weighted by molar-refractivity contribution is -0.165. The quantitative estimate of drug-likeness (QED) is 0.526. The third-order valence-electron chi connectivity index (χ3n) is 5.32. The number of fused-ring (bicyclic) bond motifs is 1. The van der Waals surface area contributed by atoms with E-state index < -0.39 is 22.8 Å². The second-order valence-electron chi connectivity index (χ2n) is 8.00. The lowest BCUT2D eigenvalue weighted by Gasteiger charge is -2.43. The van der Waals surface area contributed by atoms with Crippen LogP contribution in [0, 0.1) is 0 Å². The van der Waals surface area contributed by atoms with E-state index in [9.17, 15) is 14.4 Å². The van der Waals surface area contributed by atoms with Crippen molar-refractivity contribution in [3.63, 3.8) is 0 Å². The van der Waals surface area contributed by atoms with Crippen LogP contribution in [-0.4, -0.2) is 51.5 Å². The molecule has 0 saturated carbocycles. The van der Waals surface area contributed by atoms with Crippen molar-refractivity contribution in [1.29, 1.82) is 0 Å². The van der Waals surface area contributed by atoms with Crippen molar-refractivity contribution in [2.45, 2.75) is 42.7 Å². The zero-order chi connectivity index (χ0) is 22.0. The van der Waals surface area contributed by atoms with Gasteiger partial charge in [0, 0.05) is 4.75 Å². The summed E-state index contributed by atoms with van der Waals surface area (Å²) >= 11 is 1.49. The summed E-state index contributed by atoms with van der Waals surface area (Å²) in [6.45, 7) is 3.79. The van der Waals surface area contributed by atoms with Gasteiger partial charge in [0.05, 0.1) is 0 Å². The molecule has 4 rings (SSSR count). The summed E-state index contributed by atoms with van der Waals surface area (Å²) in [6.07, 6.45) is 0. The van der Waals surface area contributed by atoms with Crippen LogP contribution >= 0.6 is 11.8 Å². The molecule has 2 aromatic rings. The van der Waals surface area contributed by atoms with Gasteiger partial charge in [-0.05, 0) is 31.5 Å². The first-order valence-electron chi connectivity index (χ1n) is 10.0. The predicted molar refractivity (Wildman–Crippen MR) is 116 cm³/mol. The van der Waals surface area contributed by atoms with Gasteiger partial charge in [0.25, 0.3) is 5.91 Å². The molecule has 2 unspecified atom stereocenters. The number of para-hydroxylation sites is 1. The van der Waals surface area contributed by atoms with Gasteiger partial charge in [-0.25, -0.2) is 4.79 Å². The molecular formula is C23H24N2O5S. The maximum atomic E-state index is 12.8. The maximum Gasteiger partial charge on any atom is 0.330 e. The Bertz CT molecular complexity index is 966. The molecule has 0 bridgehead atoms. The molecule has 2 fully saturated rings. The average molecular weight is 441 g/mol. The van der Waals surface area contributed by atoms with Crippen molar-refractivity contribution >= 4 is 29.5 Å². The summed E-state index contributed by atoms with van der Waals surface area (Å²) in [5, 5.41) is 2.43. The second kappa shape index (κ2) is 8.63. The molecule has 31 heavy (non-hydrogen) atoms. The number of amides is 2. The fourth-order valence-electron chi connectivity index (χ4n) is 3.81. The number of thioether (sulfide) groups is 1. The zero-order valence-corrected chi connectivity index (χ0v) is 18.1. The summed E-state index contributed by atoms with van der Waals surface area (Å²) in [5.74, 6) is -0.514. The second-order valence-corrected chi connectivity index (χ2v) is 9.77. The van der Waals surface area contributed by atoms with E-state index in [2.05, 4.69) is 5.32 Å². The molecule has 2 aliphatic rings. The maximum absolute atomic E-state index is 12.8. The van der Waals surface area contributed by atoms with Crippen LogP contribution in [0.3, 0.4) is 0 Å². The van der Waals surface area contributed by atoms with Crippen molar-refractivity contribution in [2.24, 2.45) is 0 Å². The number of carbonyl (C=O) groups is 3. The average Bonchev–Trinajstić information content (AvgIpc) is 3.03. The molecule has 2 amide bonds. The van der Waals surface area contributed by atoms with Gasteiger partial charge in [0.2, 0.25) is 5.91 Å². The predicted octanol–water partition coefficient (Wildman–Crippen LogP) is 2.36. The van der Waals surface area contributed by atoms with Crippen molar-refractivity contribution in [2.75, 3.05) is 6.61 Å². The molecule has 7 nitrogen and oxygen atoms in total. The highest BCUT2D eigenvalue weighted by Crippen LogP contribution is 2.51. The Morgan fingerprint density at radius 1 is 1.06 bits per heavy atom. The van der Waals surface area contributed by atoms with Crippen LogP contribution < -0.4 is 10.1 Å². The van der Waals surface area contributed by atoms with Gasteiger partial charge in [-0.1, -0.05) is 48.5 Å². The van der Waals surface area contributed by atoms with E-state index in [1.54, 1.807) is 12.1 Å². The van der Waals surface area contributed by atoms with Crippen LogP contribution in [0.4, 0.5) is 0 Å². The molecule has 0 aromatic heterocycles. The fraction of sp³-hybridized carbons (Fsp3) is 0.348. The normalized spacial score (nSPS) is 23.5. The summed E-state index contributed by atoms with van der Waals surface area (Å²) in [6, 6.07) is 17.0. The minimum absolute atomic E-state index is 0.153. The van der Waals surface area contributed by atoms with Gasteiger partial charge >= 0.3 is 5.97 Å². The first-order valence-corrected chi connectivity index (χ1v) is 10.9. The van der Waals surface area contributed by atoms with Gasteiger partial charge in [-0.15, -0.1) is 11.8 Å². The topological polar surface area (TPSA) is 84.9 Å². The van der Waals surface area contributed by atoms with Gasteiger partial charge in [-0.3, -0.25) is 9.59 Å². The largest absolute Gasteiger partial charge is 0.484 e. The summed E-state index contributed by atoms with van der Waals surface area (Å²) < 4.78 is 10.4. The number of esters is 1. The van der Waals surface area contributed by atoms with Gasteiger partial charge < -0.3 is 19.7 Å². The highest BCUT2D eigenvalue weighted by atomic mass is 32.2. The van der Waals surface area contributed by atoms with Crippen molar-refractivity contribution < 1.29 is 23.9 Å². The van der Waals surface area contributed by atoms with Crippen molar-refractivity contribution in [1.82, 2.24) is 10.2 Å². The first-order chi connectivity index (χ1) is 14.9. The molecule has 162 valence electrons. The number of carbonyl (C=O) groups excluding carboxylic acids is 3. The van der Waals surface area contributed by atoms with Crippen LogP contribution in [0.5, 0.6) is 5.75 Å². The van der Waals surface area contributed by atoms with Crippen LogP contribution in [-0.2, 0) is 25.7 Å². The molecule has 3 atom stereocenters. The van der Waals surface area contributed by atoms with Crippen LogP contribution in [0.2, 0.25) is 0 Å². The van der Waals surface area contributed by atoms with Crippen LogP contribution in [0.15, 0.2) is 60.7 Å². The third kappa shape index (κ3) is 4.39. The number of nitrogens with zero attached hydrogens (tertiary/aromatic N) is 1. The Kier molecular flexibility index (Phi) is 5.91. The third-order valence-corrected chi connectivity index (χ3v) is 6.89. The number of ether oxygens (including phenoxy) is 2. The van der Waals surface area contributed by atoms with E-state index in [4.69, 9.17) is 9.47 Å². The Morgan fingerprint density at radius 2 is 1.71 bits per heavy atom. The molecular weight excluding hydrogens is 416 g/mol. The number of rotatable bonds is 7. The highest BCUT2D eigenvalue weighted by molar-refractivity contribution is 8.01. The molecule has 1 N–H and O–H groups in total. The van der Waals surface area contributed by atoms with E-state index in [1.165, 1.54) is 16.7 Å². The molecule has 0 aliphatic carbocycles. The molecule has 8 heteroatoms. The molecule has 2 saturated heterocycles. The van der Waals surface area contributed by atoms with E-state index in [0.717, 1.165) is 5.56 Å².